The lowest BCUT2D eigenvalue weighted by atomic mass is 10.1. The second-order valence-corrected chi connectivity index (χ2v) is 11.3. The molecule has 184 valence electrons. The molecule has 0 saturated carbocycles. The van der Waals surface area contributed by atoms with Crippen molar-refractivity contribution in [3.63, 3.8) is 0 Å². The van der Waals surface area contributed by atoms with Gasteiger partial charge in [-0.1, -0.05) is 6.07 Å². The minimum atomic E-state index is -5.08. The number of halogens is 3. The first-order chi connectivity index (χ1) is 15.4. The fraction of sp³-hybridized carbons (Fsp3) is 0.600. The molecule has 33 heavy (non-hydrogen) atoms. The Morgan fingerprint density at radius 3 is 2.39 bits per heavy atom. The summed E-state index contributed by atoms with van der Waals surface area (Å²) in [5.41, 5.74) is 3.48. The third kappa shape index (κ3) is 5.94. The van der Waals surface area contributed by atoms with Crippen LogP contribution in [0.3, 0.4) is 0 Å². The molecule has 2 aliphatic heterocycles. The molecule has 0 atom stereocenters. The van der Waals surface area contributed by atoms with Crippen molar-refractivity contribution in [1.82, 2.24) is 19.0 Å². The van der Waals surface area contributed by atoms with E-state index in [9.17, 15) is 21.6 Å². The normalized spacial score (nSPS) is 17.6. The Morgan fingerprint density at radius 1 is 1.24 bits per heavy atom. The van der Waals surface area contributed by atoms with Gasteiger partial charge in [-0.05, 0) is 57.6 Å². The van der Waals surface area contributed by atoms with Crippen molar-refractivity contribution in [2.75, 3.05) is 19.6 Å². The van der Waals surface area contributed by atoms with Crippen molar-refractivity contribution >= 4 is 27.3 Å². The molecule has 0 spiro atoms. The third-order valence-electron chi connectivity index (χ3n) is 5.53. The van der Waals surface area contributed by atoms with Crippen LogP contribution in [-0.2, 0) is 34.3 Å². The van der Waals surface area contributed by atoms with E-state index >= 15 is 0 Å². The quantitative estimate of drug-likeness (QED) is 0.664. The number of fused-ring (bicyclic) bond motifs is 1. The van der Waals surface area contributed by atoms with Crippen molar-refractivity contribution in [2.45, 2.75) is 62.6 Å². The van der Waals surface area contributed by atoms with E-state index in [1.54, 1.807) is 16.4 Å². The molecule has 0 amide bonds. The summed E-state index contributed by atoms with van der Waals surface area (Å²) in [7, 11) is -3.42. The molecule has 0 aliphatic carbocycles. The Bertz CT molecular complexity index is 1060. The Labute approximate surface area is 194 Å². The maximum absolute atomic E-state index is 12.9. The summed E-state index contributed by atoms with van der Waals surface area (Å²) in [6.45, 7) is 8.34. The molecule has 2 aromatic heterocycles. The number of sulfonamides is 1. The van der Waals surface area contributed by atoms with E-state index in [-0.39, 0.29) is 6.04 Å². The third-order valence-corrected chi connectivity index (χ3v) is 8.75. The lowest BCUT2D eigenvalue weighted by Crippen LogP contribution is -2.36. The van der Waals surface area contributed by atoms with Crippen LogP contribution in [0.4, 0.5) is 13.2 Å². The number of aliphatic carboxylic acids is 1. The zero-order chi connectivity index (χ0) is 24.4. The highest BCUT2D eigenvalue weighted by Crippen LogP contribution is 2.31. The minimum Gasteiger partial charge on any atom is -0.475 e. The van der Waals surface area contributed by atoms with Gasteiger partial charge in [0.15, 0.2) is 0 Å². The van der Waals surface area contributed by atoms with E-state index in [2.05, 4.69) is 18.7 Å². The molecule has 4 heterocycles. The first kappa shape index (κ1) is 25.7. The average molecular weight is 509 g/mol. The molecule has 8 nitrogen and oxygen atoms in total. The fourth-order valence-corrected chi connectivity index (χ4v) is 6.49. The molecule has 0 unspecified atom stereocenters. The summed E-state index contributed by atoms with van der Waals surface area (Å²) in [5.74, 6) is -2.76. The highest BCUT2D eigenvalue weighted by molar-refractivity contribution is 7.91. The average Bonchev–Trinajstić information content (AvgIpc) is 3.49. The van der Waals surface area contributed by atoms with Gasteiger partial charge in [0.1, 0.15) is 4.21 Å². The van der Waals surface area contributed by atoms with Crippen molar-refractivity contribution in [1.29, 1.82) is 0 Å². The van der Waals surface area contributed by atoms with Crippen LogP contribution in [0.5, 0.6) is 0 Å². The number of carbonyl (C=O) groups is 1. The highest BCUT2D eigenvalue weighted by atomic mass is 32.2. The Balaban J connectivity index is 0.000000383. The van der Waals surface area contributed by atoms with Crippen LogP contribution in [-0.4, -0.2) is 64.3 Å². The SMILES string of the molecule is CC(C)n1nc(CN2CCCC2)c2c1CN(S(=O)(=O)c1cccs1)CC2.O=C(O)C(F)(F)F. The molecule has 13 heteroatoms. The molecule has 1 fully saturated rings. The molecular formula is C20H27F3N4O4S2. The number of alkyl halides is 3. The van der Waals surface area contributed by atoms with Crippen LogP contribution in [0.2, 0.25) is 0 Å². The maximum Gasteiger partial charge on any atom is 0.490 e. The first-order valence-electron chi connectivity index (χ1n) is 10.6. The number of nitrogens with zero attached hydrogens (tertiary/aromatic N) is 4. The summed E-state index contributed by atoms with van der Waals surface area (Å²) >= 11 is 1.28. The molecule has 0 bridgehead atoms. The van der Waals surface area contributed by atoms with Gasteiger partial charge in [0.25, 0.3) is 10.0 Å². The van der Waals surface area contributed by atoms with Crippen molar-refractivity contribution in [3.8, 4) is 0 Å². The van der Waals surface area contributed by atoms with Crippen LogP contribution in [0.15, 0.2) is 21.7 Å². The number of hydrogen-bond acceptors (Lipinski definition) is 6. The summed E-state index contributed by atoms with van der Waals surface area (Å²) in [5, 5.41) is 13.8. The topological polar surface area (TPSA) is 95.7 Å². The number of likely N-dealkylation sites (tertiary alicyclic amines) is 1. The second kappa shape index (κ2) is 10.1. The molecule has 1 N–H and O–H groups in total. The molecule has 2 aliphatic rings. The molecule has 4 rings (SSSR count). The standard InChI is InChI=1S/C18H26N4O2S2.C2HF3O2/c1-14(2)22-17-13-21(26(23,24)18-6-5-11-25-18)10-7-15(17)16(19-22)12-20-8-3-4-9-20;3-2(4,5)1(6)7/h5-6,11,14H,3-4,7-10,12-13H2,1-2H3;(H,6,7). The van der Waals surface area contributed by atoms with E-state index < -0.39 is 22.2 Å². The predicted octanol–water partition coefficient (Wildman–Crippen LogP) is 3.50. The molecule has 0 radical (unpaired) electrons. The Kier molecular flexibility index (Phi) is 7.87. The van der Waals surface area contributed by atoms with Gasteiger partial charge < -0.3 is 5.11 Å². The zero-order valence-electron chi connectivity index (χ0n) is 18.4. The maximum atomic E-state index is 12.9. The minimum absolute atomic E-state index is 0.223. The van der Waals surface area contributed by atoms with Gasteiger partial charge in [-0.25, -0.2) is 13.2 Å². The van der Waals surface area contributed by atoms with Gasteiger partial charge in [0.05, 0.1) is 17.9 Å². The number of rotatable bonds is 5. The van der Waals surface area contributed by atoms with Gasteiger partial charge in [0.2, 0.25) is 0 Å². The monoisotopic (exact) mass is 508 g/mol. The van der Waals surface area contributed by atoms with Crippen LogP contribution in [0.25, 0.3) is 0 Å². The van der Waals surface area contributed by atoms with E-state index in [0.717, 1.165) is 37.4 Å². The van der Waals surface area contributed by atoms with E-state index in [1.807, 2.05) is 10.1 Å². The first-order valence-corrected chi connectivity index (χ1v) is 12.9. The number of thiophene rings is 1. The lowest BCUT2D eigenvalue weighted by Gasteiger charge is -2.27. The summed E-state index contributed by atoms with van der Waals surface area (Å²) in [6, 6.07) is 3.70. The van der Waals surface area contributed by atoms with Gasteiger partial charge >= 0.3 is 12.1 Å². The van der Waals surface area contributed by atoms with Gasteiger partial charge in [0, 0.05) is 24.7 Å². The number of aromatic nitrogens is 2. The zero-order valence-corrected chi connectivity index (χ0v) is 20.0. The van der Waals surface area contributed by atoms with Crippen LogP contribution in [0, 0.1) is 0 Å². The molecule has 0 aromatic carbocycles. The number of carboxylic acids is 1. The van der Waals surface area contributed by atoms with Crippen LogP contribution < -0.4 is 0 Å². The van der Waals surface area contributed by atoms with Crippen molar-refractivity contribution < 1.29 is 31.5 Å². The van der Waals surface area contributed by atoms with E-state index in [0.29, 0.717) is 17.3 Å². The lowest BCUT2D eigenvalue weighted by molar-refractivity contribution is -0.192. The van der Waals surface area contributed by atoms with Crippen molar-refractivity contribution in [2.24, 2.45) is 0 Å². The van der Waals surface area contributed by atoms with E-state index in [4.69, 9.17) is 15.0 Å². The second-order valence-electron chi connectivity index (χ2n) is 8.22. The van der Waals surface area contributed by atoms with Gasteiger partial charge in [-0.3, -0.25) is 9.58 Å². The number of hydrogen-bond donors (Lipinski definition) is 1. The Hall–Kier alpha value is -1.96. The predicted molar refractivity (Wildman–Crippen MR) is 116 cm³/mol. The Morgan fingerprint density at radius 2 is 1.88 bits per heavy atom. The largest absolute Gasteiger partial charge is 0.490 e. The van der Waals surface area contributed by atoms with Gasteiger partial charge in [-0.2, -0.15) is 22.6 Å². The van der Waals surface area contributed by atoms with Crippen LogP contribution in [0.1, 0.15) is 49.7 Å². The smallest absolute Gasteiger partial charge is 0.475 e. The molecular weight excluding hydrogens is 481 g/mol. The van der Waals surface area contributed by atoms with Gasteiger partial charge in [-0.15, -0.1) is 11.3 Å². The van der Waals surface area contributed by atoms with Crippen LogP contribution >= 0.6 is 11.3 Å². The highest BCUT2D eigenvalue weighted by Gasteiger charge is 2.38. The van der Waals surface area contributed by atoms with E-state index in [1.165, 1.54) is 29.7 Å². The molecule has 1 saturated heterocycles. The fourth-order valence-electron chi connectivity index (χ4n) is 3.94. The summed E-state index contributed by atoms with van der Waals surface area (Å²) in [6.07, 6.45) is -1.81. The number of carboxylic acid groups (broad SMARTS) is 1. The van der Waals surface area contributed by atoms with Crippen molar-refractivity contribution in [3.05, 3.63) is 34.5 Å². The summed E-state index contributed by atoms with van der Waals surface area (Å²) < 4.78 is 61.7. The molecule has 2 aromatic rings. The summed E-state index contributed by atoms with van der Waals surface area (Å²) in [4.78, 5) is 11.4.